The summed E-state index contributed by atoms with van der Waals surface area (Å²) in [5, 5.41) is 13.7. The number of anilines is 1. The molecule has 1 atom stereocenters. The zero-order valence-corrected chi connectivity index (χ0v) is 10.9. The molecule has 0 saturated carbocycles. The Hall–Kier alpha value is -2.11. The van der Waals surface area contributed by atoms with Gasteiger partial charge in [-0.2, -0.15) is 0 Å². The molecule has 0 radical (unpaired) electrons. The average molecular weight is 268 g/mol. The first kappa shape index (κ1) is 14.9. The second-order valence-corrected chi connectivity index (χ2v) is 4.24. The number of carbonyl (C=O) groups excluding carboxylic acids is 1. The van der Waals surface area contributed by atoms with Crippen LogP contribution in [0.4, 0.5) is 14.9 Å². The highest BCUT2D eigenvalue weighted by Crippen LogP contribution is 2.13. The lowest BCUT2D eigenvalue weighted by Crippen LogP contribution is -2.35. The average Bonchev–Trinajstić information content (AvgIpc) is 2.34. The highest BCUT2D eigenvalue weighted by atomic mass is 19.1. The Labute approximate surface area is 110 Å². The molecule has 0 aliphatic rings. The first-order chi connectivity index (χ1) is 8.93. The third kappa shape index (κ3) is 4.57. The predicted octanol–water partition coefficient (Wildman–Crippen LogP) is 2.37. The van der Waals surface area contributed by atoms with E-state index >= 15 is 0 Å². The van der Waals surface area contributed by atoms with Crippen LogP contribution in [0, 0.1) is 18.7 Å². The number of rotatable bonds is 5. The van der Waals surface area contributed by atoms with Gasteiger partial charge < -0.3 is 15.7 Å². The highest BCUT2D eigenvalue weighted by Gasteiger charge is 2.15. The summed E-state index contributed by atoms with van der Waals surface area (Å²) in [5.41, 5.74) is 0.812. The van der Waals surface area contributed by atoms with Gasteiger partial charge >= 0.3 is 12.0 Å². The van der Waals surface area contributed by atoms with E-state index in [0.29, 0.717) is 17.7 Å². The zero-order chi connectivity index (χ0) is 14.4. The number of halogens is 1. The Kier molecular flexibility index (Phi) is 5.29. The predicted molar refractivity (Wildman–Crippen MR) is 69.6 cm³/mol. The minimum absolute atomic E-state index is 0.0337. The molecule has 1 unspecified atom stereocenters. The molecular weight excluding hydrogens is 251 g/mol. The fourth-order valence-corrected chi connectivity index (χ4v) is 1.47. The molecule has 0 aliphatic carbocycles. The van der Waals surface area contributed by atoms with Gasteiger partial charge in [0.15, 0.2) is 0 Å². The van der Waals surface area contributed by atoms with Gasteiger partial charge in [-0.05, 0) is 31.0 Å². The molecule has 2 amide bonds. The number of carbonyl (C=O) groups is 2. The molecule has 1 aromatic carbocycles. The second-order valence-electron chi connectivity index (χ2n) is 4.24. The van der Waals surface area contributed by atoms with E-state index in [1.165, 1.54) is 6.07 Å². The van der Waals surface area contributed by atoms with E-state index in [9.17, 15) is 14.0 Å². The van der Waals surface area contributed by atoms with Crippen LogP contribution in [0.15, 0.2) is 18.2 Å². The van der Waals surface area contributed by atoms with Gasteiger partial charge in [-0.15, -0.1) is 0 Å². The molecule has 104 valence electrons. The maximum atomic E-state index is 13.3. The smallest absolute Gasteiger partial charge is 0.319 e. The van der Waals surface area contributed by atoms with E-state index in [1.54, 1.807) is 26.0 Å². The minimum atomic E-state index is -0.954. The number of urea groups is 1. The molecule has 0 saturated heterocycles. The SMILES string of the molecule is CCC(CNC(=O)Nc1ccc(C)c(F)c1)C(=O)O. The van der Waals surface area contributed by atoms with Crippen molar-refractivity contribution >= 4 is 17.7 Å². The molecule has 3 N–H and O–H groups in total. The van der Waals surface area contributed by atoms with E-state index < -0.39 is 23.7 Å². The molecule has 1 aromatic rings. The third-order valence-corrected chi connectivity index (χ3v) is 2.78. The Morgan fingerprint density at radius 3 is 2.63 bits per heavy atom. The Morgan fingerprint density at radius 2 is 2.11 bits per heavy atom. The Morgan fingerprint density at radius 1 is 1.42 bits per heavy atom. The van der Waals surface area contributed by atoms with Crippen LogP contribution in [-0.2, 0) is 4.79 Å². The largest absolute Gasteiger partial charge is 0.481 e. The molecular formula is C13H17FN2O3. The molecule has 0 aliphatic heterocycles. The van der Waals surface area contributed by atoms with E-state index in [4.69, 9.17) is 5.11 Å². The molecule has 5 nitrogen and oxygen atoms in total. The molecule has 0 spiro atoms. The number of carboxylic acids is 1. The fraction of sp³-hybridized carbons (Fsp3) is 0.385. The van der Waals surface area contributed by atoms with Gasteiger partial charge in [0, 0.05) is 12.2 Å². The van der Waals surface area contributed by atoms with Gasteiger partial charge in [-0.1, -0.05) is 13.0 Å². The summed E-state index contributed by atoms with van der Waals surface area (Å²) in [7, 11) is 0. The van der Waals surface area contributed by atoms with Crippen molar-refractivity contribution in [2.24, 2.45) is 5.92 Å². The van der Waals surface area contributed by atoms with Crippen LogP contribution in [0.5, 0.6) is 0 Å². The van der Waals surface area contributed by atoms with Gasteiger partial charge in [-0.3, -0.25) is 4.79 Å². The van der Waals surface area contributed by atoms with E-state index in [1.807, 2.05) is 0 Å². The summed E-state index contributed by atoms with van der Waals surface area (Å²) in [6.07, 6.45) is 0.425. The van der Waals surface area contributed by atoms with Crippen LogP contribution in [0.25, 0.3) is 0 Å². The normalized spacial score (nSPS) is 11.7. The van der Waals surface area contributed by atoms with Crippen molar-refractivity contribution in [2.45, 2.75) is 20.3 Å². The van der Waals surface area contributed by atoms with Crippen LogP contribution in [-0.4, -0.2) is 23.7 Å². The number of aryl methyl sites for hydroxylation is 1. The van der Waals surface area contributed by atoms with Crippen molar-refractivity contribution < 1.29 is 19.1 Å². The molecule has 0 fully saturated rings. The lowest BCUT2D eigenvalue weighted by molar-refractivity contribution is -0.141. The van der Waals surface area contributed by atoms with Gasteiger partial charge in [-0.25, -0.2) is 9.18 Å². The van der Waals surface area contributed by atoms with Crippen LogP contribution >= 0.6 is 0 Å². The quantitative estimate of drug-likeness (QED) is 0.767. The van der Waals surface area contributed by atoms with E-state index in [2.05, 4.69) is 10.6 Å². The van der Waals surface area contributed by atoms with Crippen LogP contribution in [0.2, 0.25) is 0 Å². The number of nitrogens with one attached hydrogen (secondary N) is 2. The van der Waals surface area contributed by atoms with Crippen molar-refractivity contribution in [3.05, 3.63) is 29.6 Å². The summed E-state index contributed by atoms with van der Waals surface area (Å²) in [5.74, 6) is -1.99. The molecule has 0 aromatic heterocycles. The zero-order valence-electron chi connectivity index (χ0n) is 10.9. The van der Waals surface area contributed by atoms with Crippen LogP contribution in [0.3, 0.4) is 0 Å². The van der Waals surface area contributed by atoms with Gasteiger partial charge in [0.25, 0.3) is 0 Å². The molecule has 0 bridgehead atoms. The summed E-state index contributed by atoms with van der Waals surface area (Å²) in [6.45, 7) is 3.39. The first-order valence-corrected chi connectivity index (χ1v) is 5.97. The lowest BCUT2D eigenvalue weighted by atomic mass is 10.1. The van der Waals surface area contributed by atoms with Crippen molar-refractivity contribution in [1.82, 2.24) is 5.32 Å². The highest BCUT2D eigenvalue weighted by molar-refractivity contribution is 5.89. The maximum Gasteiger partial charge on any atom is 0.319 e. The molecule has 19 heavy (non-hydrogen) atoms. The maximum absolute atomic E-state index is 13.3. The van der Waals surface area contributed by atoms with Crippen LogP contribution in [0.1, 0.15) is 18.9 Å². The van der Waals surface area contributed by atoms with Gasteiger partial charge in [0.1, 0.15) is 5.82 Å². The Balaban J connectivity index is 2.51. The number of benzene rings is 1. The number of carboxylic acid groups (broad SMARTS) is 1. The van der Waals surface area contributed by atoms with E-state index in [-0.39, 0.29) is 6.54 Å². The lowest BCUT2D eigenvalue weighted by Gasteiger charge is -2.12. The van der Waals surface area contributed by atoms with Crippen LogP contribution < -0.4 is 10.6 Å². The first-order valence-electron chi connectivity index (χ1n) is 5.97. The molecule has 1 rings (SSSR count). The number of aliphatic carboxylic acids is 1. The number of amides is 2. The standard InChI is InChI=1S/C13H17FN2O3/c1-3-9(12(17)18)7-15-13(19)16-10-5-4-8(2)11(14)6-10/h4-6,9H,3,7H2,1-2H3,(H,17,18)(H2,15,16,19). The monoisotopic (exact) mass is 268 g/mol. The van der Waals surface area contributed by atoms with Gasteiger partial charge in [0.05, 0.1) is 5.92 Å². The summed E-state index contributed by atoms with van der Waals surface area (Å²) in [6, 6.07) is 3.79. The van der Waals surface area contributed by atoms with Gasteiger partial charge in [0.2, 0.25) is 0 Å². The number of hydrogen-bond acceptors (Lipinski definition) is 2. The molecule has 6 heteroatoms. The van der Waals surface area contributed by atoms with Crippen molar-refractivity contribution in [1.29, 1.82) is 0 Å². The summed E-state index contributed by atoms with van der Waals surface area (Å²) >= 11 is 0. The summed E-state index contributed by atoms with van der Waals surface area (Å²) < 4.78 is 13.3. The van der Waals surface area contributed by atoms with Crippen molar-refractivity contribution in [3.8, 4) is 0 Å². The minimum Gasteiger partial charge on any atom is -0.481 e. The number of hydrogen-bond donors (Lipinski definition) is 3. The van der Waals surface area contributed by atoms with Crippen molar-refractivity contribution in [3.63, 3.8) is 0 Å². The Bertz CT molecular complexity index is 477. The summed E-state index contributed by atoms with van der Waals surface area (Å²) in [4.78, 5) is 22.3. The molecule has 0 heterocycles. The fourth-order valence-electron chi connectivity index (χ4n) is 1.47. The van der Waals surface area contributed by atoms with Crippen molar-refractivity contribution in [2.75, 3.05) is 11.9 Å². The van der Waals surface area contributed by atoms with E-state index in [0.717, 1.165) is 0 Å². The third-order valence-electron chi connectivity index (χ3n) is 2.78. The topological polar surface area (TPSA) is 78.4 Å². The second kappa shape index (κ2) is 6.72.